The van der Waals surface area contributed by atoms with Crippen LogP contribution in [0.2, 0.25) is 0 Å². The molecule has 6 heteroatoms. The summed E-state index contributed by atoms with van der Waals surface area (Å²) in [6.45, 7) is 2.65. The molecule has 1 aliphatic heterocycles. The minimum Gasteiger partial charge on any atom is -0.386 e. The maximum Gasteiger partial charge on any atom is 0.252 e. The first-order valence-electron chi connectivity index (χ1n) is 6.98. The molecular weight excluding hydrogens is 336 g/mol. The number of aliphatic hydroxyl groups is 1. The van der Waals surface area contributed by atoms with Crippen LogP contribution in [0.15, 0.2) is 28.7 Å². The number of hydrogen-bond donors (Lipinski definition) is 2. The van der Waals surface area contributed by atoms with E-state index in [1.807, 2.05) is 13.0 Å². The summed E-state index contributed by atoms with van der Waals surface area (Å²) in [6, 6.07) is 7.05. The number of nitrogens with one attached hydrogen (secondary N) is 1. The van der Waals surface area contributed by atoms with Crippen molar-refractivity contribution in [3.05, 3.63) is 34.3 Å². The van der Waals surface area contributed by atoms with Crippen LogP contribution in [0.5, 0.6) is 0 Å². The highest BCUT2D eigenvalue weighted by molar-refractivity contribution is 9.10. The maximum absolute atomic E-state index is 12.0. The minimum absolute atomic E-state index is 0.0532. The molecule has 114 valence electrons. The number of carbonyl (C=O) groups is 2. The Morgan fingerprint density at radius 3 is 2.67 bits per heavy atom. The van der Waals surface area contributed by atoms with Gasteiger partial charge < -0.3 is 15.3 Å². The summed E-state index contributed by atoms with van der Waals surface area (Å²) >= 11 is 3.30. The van der Waals surface area contributed by atoms with Gasteiger partial charge in [0, 0.05) is 4.47 Å². The largest absolute Gasteiger partial charge is 0.386 e. The summed E-state index contributed by atoms with van der Waals surface area (Å²) in [5.41, 5.74) is -0.243. The van der Waals surface area contributed by atoms with Crippen LogP contribution in [-0.4, -0.2) is 47.1 Å². The van der Waals surface area contributed by atoms with E-state index in [9.17, 15) is 14.7 Å². The number of nitrogens with zero attached hydrogens (tertiary/aromatic N) is 1. The lowest BCUT2D eigenvalue weighted by Crippen LogP contribution is -2.64. The lowest BCUT2D eigenvalue weighted by atomic mass is 9.89. The molecule has 0 aromatic heterocycles. The Morgan fingerprint density at radius 2 is 2.05 bits per heavy atom. The van der Waals surface area contributed by atoms with Crippen LogP contribution in [0.4, 0.5) is 0 Å². The number of halogens is 1. The number of hydrogen-bond acceptors (Lipinski definition) is 3. The summed E-state index contributed by atoms with van der Waals surface area (Å²) in [5, 5.41) is 12.6. The van der Waals surface area contributed by atoms with Gasteiger partial charge in [-0.3, -0.25) is 9.59 Å². The van der Waals surface area contributed by atoms with Crippen molar-refractivity contribution in [2.45, 2.75) is 25.4 Å². The average Bonchev–Trinajstić information content (AvgIpc) is 2.42. The summed E-state index contributed by atoms with van der Waals surface area (Å²) in [5.74, 6) is -0.462. The topological polar surface area (TPSA) is 69.6 Å². The average molecular weight is 355 g/mol. The van der Waals surface area contributed by atoms with Crippen LogP contribution >= 0.6 is 15.9 Å². The maximum atomic E-state index is 12.0. The van der Waals surface area contributed by atoms with E-state index in [4.69, 9.17) is 0 Å². The number of benzene rings is 1. The standard InChI is InChI=1S/C15H19BrN2O3/c1-2-7-15(21)9-18(10-15)13(19)8-17-14(20)11-5-3-4-6-12(11)16/h3-6,21H,2,7-10H2,1H3,(H,17,20). The molecular formula is C15H19BrN2O3. The Bertz CT molecular complexity index is 541. The van der Waals surface area contributed by atoms with Gasteiger partial charge >= 0.3 is 0 Å². The third-order valence-corrected chi connectivity index (χ3v) is 4.25. The highest BCUT2D eigenvalue weighted by Gasteiger charge is 2.42. The van der Waals surface area contributed by atoms with Gasteiger partial charge in [0.2, 0.25) is 5.91 Å². The van der Waals surface area contributed by atoms with Gasteiger partial charge in [0.05, 0.1) is 30.8 Å². The first-order chi connectivity index (χ1) is 9.95. The van der Waals surface area contributed by atoms with E-state index in [1.165, 1.54) is 0 Å². The molecule has 0 aliphatic carbocycles. The zero-order valence-corrected chi connectivity index (χ0v) is 13.5. The second-order valence-corrected chi connectivity index (χ2v) is 6.24. The van der Waals surface area contributed by atoms with Gasteiger partial charge in [-0.05, 0) is 34.5 Å². The lowest BCUT2D eigenvalue weighted by Gasteiger charge is -2.46. The fraction of sp³-hybridized carbons (Fsp3) is 0.467. The molecule has 0 atom stereocenters. The fourth-order valence-corrected chi connectivity index (χ4v) is 2.94. The van der Waals surface area contributed by atoms with E-state index in [2.05, 4.69) is 21.2 Å². The predicted octanol–water partition coefficient (Wildman–Crippen LogP) is 1.55. The van der Waals surface area contributed by atoms with Gasteiger partial charge in [-0.25, -0.2) is 0 Å². The van der Waals surface area contributed by atoms with Crippen molar-refractivity contribution >= 4 is 27.7 Å². The van der Waals surface area contributed by atoms with Crippen LogP contribution in [0.25, 0.3) is 0 Å². The number of rotatable bonds is 5. The second-order valence-electron chi connectivity index (χ2n) is 5.39. The quantitative estimate of drug-likeness (QED) is 0.842. The predicted molar refractivity (Wildman–Crippen MR) is 82.9 cm³/mol. The summed E-state index contributed by atoms with van der Waals surface area (Å²) in [4.78, 5) is 25.5. The third kappa shape index (κ3) is 3.83. The first kappa shape index (κ1) is 16.0. The van der Waals surface area contributed by atoms with E-state index in [0.29, 0.717) is 29.5 Å². The zero-order valence-electron chi connectivity index (χ0n) is 11.9. The smallest absolute Gasteiger partial charge is 0.252 e. The Balaban J connectivity index is 1.81. The zero-order chi connectivity index (χ0) is 15.5. The molecule has 1 aromatic carbocycles. The summed E-state index contributed by atoms with van der Waals surface area (Å²) in [6.07, 6.45) is 1.58. The molecule has 2 amide bonds. The number of likely N-dealkylation sites (tertiary alicyclic amines) is 1. The van der Waals surface area contributed by atoms with Crippen molar-refractivity contribution in [2.24, 2.45) is 0 Å². The number of amides is 2. The van der Waals surface area contributed by atoms with Crippen molar-refractivity contribution in [1.82, 2.24) is 10.2 Å². The lowest BCUT2D eigenvalue weighted by molar-refractivity contribution is -0.155. The van der Waals surface area contributed by atoms with Crippen molar-refractivity contribution in [3.63, 3.8) is 0 Å². The molecule has 0 spiro atoms. The third-order valence-electron chi connectivity index (χ3n) is 3.56. The molecule has 1 fully saturated rings. The number of β-amino-alcohol motifs (C(OH)–C–C–N with tert-alkyl or cyclic N) is 1. The molecule has 1 saturated heterocycles. The molecule has 0 saturated carbocycles. The van der Waals surface area contributed by atoms with E-state index in [0.717, 1.165) is 6.42 Å². The Hall–Kier alpha value is -1.40. The molecule has 1 aliphatic rings. The molecule has 0 unspecified atom stereocenters. The summed E-state index contributed by atoms with van der Waals surface area (Å²) < 4.78 is 0.691. The van der Waals surface area contributed by atoms with Gasteiger partial charge in [-0.2, -0.15) is 0 Å². The van der Waals surface area contributed by atoms with E-state index in [-0.39, 0.29) is 18.4 Å². The van der Waals surface area contributed by atoms with Crippen LogP contribution < -0.4 is 5.32 Å². The van der Waals surface area contributed by atoms with Crippen molar-refractivity contribution in [3.8, 4) is 0 Å². The Morgan fingerprint density at radius 1 is 1.38 bits per heavy atom. The first-order valence-corrected chi connectivity index (χ1v) is 7.77. The molecule has 1 heterocycles. The summed E-state index contributed by atoms with van der Waals surface area (Å²) in [7, 11) is 0. The van der Waals surface area contributed by atoms with Gasteiger partial charge in [-0.1, -0.05) is 25.5 Å². The molecule has 21 heavy (non-hydrogen) atoms. The van der Waals surface area contributed by atoms with Crippen molar-refractivity contribution in [2.75, 3.05) is 19.6 Å². The highest BCUT2D eigenvalue weighted by atomic mass is 79.9. The molecule has 0 bridgehead atoms. The molecule has 2 N–H and O–H groups in total. The normalized spacial score (nSPS) is 16.2. The van der Waals surface area contributed by atoms with Crippen LogP contribution in [0.1, 0.15) is 30.1 Å². The highest BCUT2D eigenvalue weighted by Crippen LogP contribution is 2.25. The molecule has 1 aromatic rings. The second kappa shape index (κ2) is 6.58. The SMILES string of the molecule is CCCC1(O)CN(C(=O)CNC(=O)c2ccccc2Br)C1. The molecule has 5 nitrogen and oxygen atoms in total. The molecule has 2 rings (SSSR count). The minimum atomic E-state index is -0.739. The van der Waals surface area contributed by atoms with Gasteiger partial charge in [0.25, 0.3) is 5.91 Å². The number of carbonyl (C=O) groups excluding carboxylic acids is 2. The van der Waals surface area contributed by atoms with E-state index >= 15 is 0 Å². The van der Waals surface area contributed by atoms with Gasteiger partial charge in [-0.15, -0.1) is 0 Å². The fourth-order valence-electron chi connectivity index (χ4n) is 2.47. The van der Waals surface area contributed by atoms with E-state index in [1.54, 1.807) is 23.1 Å². The van der Waals surface area contributed by atoms with Crippen LogP contribution in [-0.2, 0) is 4.79 Å². The Kier molecular flexibility index (Phi) is 5.00. The van der Waals surface area contributed by atoms with Crippen molar-refractivity contribution in [1.29, 1.82) is 0 Å². The Labute approximate surface area is 132 Å². The van der Waals surface area contributed by atoms with Gasteiger partial charge in [0.1, 0.15) is 0 Å². The monoisotopic (exact) mass is 354 g/mol. The van der Waals surface area contributed by atoms with Gasteiger partial charge in [0.15, 0.2) is 0 Å². The van der Waals surface area contributed by atoms with Crippen LogP contribution in [0.3, 0.4) is 0 Å². The molecule has 0 radical (unpaired) electrons. The van der Waals surface area contributed by atoms with Crippen molar-refractivity contribution < 1.29 is 14.7 Å². The van der Waals surface area contributed by atoms with Crippen LogP contribution in [0, 0.1) is 0 Å². The van der Waals surface area contributed by atoms with E-state index < -0.39 is 5.60 Å².